The first-order valence-corrected chi connectivity index (χ1v) is 6.87. The van der Waals surface area contributed by atoms with E-state index in [4.69, 9.17) is 0 Å². The number of carbonyl (C=O) groups is 1. The number of anilines is 1. The first kappa shape index (κ1) is 15.0. The van der Waals surface area contributed by atoms with Gasteiger partial charge in [-0.2, -0.15) is 0 Å². The predicted octanol–water partition coefficient (Wildman–Crippen LogP) is 2.73. The summed E-state index contributed by atoms with van der Waals surface area (Å²) in [5.74, 6) is -0.252. The summed E-state index contributed by atoms with van der Waals surface area (Å²) in [6, 6.07) is 0.370. The maximum Gasteiger partial charge on any atom is 0.311 e. The van der Waals surface area contributed by atoms with Gasteiger partial charge in [0.05, 0.1) is 19.2 Å². The Balaban J connectivity index is 2.76. The summed E-state index contributed by atoms with van der Waals surface area (Å²) in [6.45, 7) is 8.80. The molecule has 102 valence electrons. The molecular weight excluding hydrogens is 248 g/mol. The topological polar surface area (TPSA) is 42.4 Å². The van der Waals surface area contributed by atoms with Crippen LogP contribution in [0.5, 0.6) is 0 Å². The summed E-state index contributed by atoms with van der Waals surface area (Å²) >= 11 is 1.56. The van der Waals surface area contributed by atoms with E-state index in [-0.39, 0.29) is 17.8 Å². The lowest BCUT2D eigenvalue weighted by Crippen LogP contribution is -2.39. The Hall–Kier alpha value is -1.10. The maximum absolute atomic E-state index is 11.2. The molecule has 4 nitrogen and oxygen atoms in total. The second kappa shape index (κ2) is 5.69. The monoisotopic (exact) mass is 270 g/mol. The van der Waals surface area contributed by atoms with E-state index in [1.165, 1.54) is 7.11 Å². The quantitative estimate of drug-likeness (QED) is 0.789. The minimum atomic E-state index is -0.252. The Morgan fingerprint density at radius 1 is 1.56 bits per heavy atom. The Morgan fingerprint density at radius 3 is 2.67 bits per heavy atom. The molecule has 0 amide bonds. The Morgan fingerprint density at radius 2 is 2.17 bits per heavy atom. The molecule has 0 saturated carbocycles. The largest absolute Gasteiger partial charge is 0.469 e. The van der Waals surface area contributed by atoms with Crippen LogP contribution in [0.2, 0.25) is 0 Å². The molecule has 0 bridgehead atoms. The molecule has 0 aliphatic heterocycles. The molecule has 0 radical (unpaired) electrons. The highest BCUT2D eigenvalue weighted by Gasteiger charge is 2.25. The van der Waals surface area contributed by atoms with E-state index in [1.807, 2.05) is 12.4 Å². The van der Waals surface area contributed by atoms with E-state index in [9.17, 15) is 4.79 Å². The van der Waals surface area contributed by atoms with Gasteiger partial charge in [0, 0.05) is 18.5 Å². The van der Waals surface area contributed by atoms with E-state index in [1.54, 1.807) is 11.3 Å². The molecule has 1 heterocycles. The van der Waals surface area contributed by atoms with Crippen LogP contribution in [-0.2, 0) is 16.0 Å². The van der Waals surface area contributed by atoms with Crippen LogP contribution >= 0.6 is 11.3 Å². The zero-order valence-electron chi connectivity index (χ0n) is 12.0. The summed E-state index contributed by atoms with van der Waals surface area (Å²) in [6.07, 6.45) is 0.241. The number of aromatic nitrogens is 1. The summed E-state index contributed by atoms with van der Waals surface area (Å²) in [5.41, 5.74) is 0.956. The molecule has 1 aromatic rings. The number of hydrogen-bond donors (Lipinski definition) is 0. The molecule has 1 unspecified atom stereocenters. The van der Waals surface area contributed by atoms with Crippen LogP contribution in [0.15, 0.2) is 5.38 Å². The molecule has 1 aromatic heterocycles. The van der Waals surface area contributed by atoms with Crippen molar-refractivity contribution in [1.29, 1.82) is 0 Å². The minimum absolute atomic E-state index is 0.183. The third kappa shape index (κ3) is 3.70. The van der Waals surface area contributed by atoms with Crippen molar-refractivity contribution in [3.63, 3.8) is 0 Å². The van der Waals surface area contributed by atoms with E-state index < -0.39 is 0 Å². The van der Waals surface area contributed by atoms with Crippen LogP contribution in [0.25, 0.3) is 0 Å². The van der Waals surface area contributed by atoms with Crippen LogP contribution in [0, 0.1) is 5.41 Å². The highest BCUT2D eigenvalue weighted by molar-refractivity contribution is 7.13. The number of nitrogens with zero attached hydrogens (tertiary/aromatic N) is 2. The van der Waals surface area contributed by atoms with Crippen LogP contribution in [-0.4, -0.2) is 31.2 Å². The smallest absolute Gasteiger partial charge is 0.311 e. The first-order valence-electron chi connectivity index (χ1n) is 5.99. The third-order valence-corrected chi connectivity index (χ3v) is 4.21. The Bertz CT molecular complexity index is 409. The van der Waals surface area contributed by atoms with Crippen LogP contribution < -0.4 is 4.90 Å². The summed E-state index contributed by atoms with van der Waals surface area (Å²) < 4.78 is 4.64. The van der Waals surface area contributed by atoms with Gasteiger partial charge in [-0.25, -0.2) is 4.98 Å². The predicted molar refractivity (Wildman–Crippen MR) is 75.2 cm³/mol. The SMILES string of the molecule is COC(=O)Cc1csc(N(C)C(C)C(C)(C)C)n1. The number of rotatable bonds is 4. The molecule has 0 aromatic carbocycles. The fraction of sp³-hybridized carbons (Fsp3) is 0.692. The fourth-order valence-corrected chi connectivity index (χ4v) is 2.38. The van der Waals surface area contributed by atoms with Gasteiger partial charge < -0.3 is 9.64 Å². The first-order chi connectivity index (χ1) is 8.25. The lowest BCUT2D eigenvalue weighted by Gasteiger charge is -2.35. The van der Waals surface area contributed by atoms with Gasteiger partial charge in [-0.1, -0.05) is 20.8 Å². The van der Waals surface area contributed by atoms with Gasteiger partial charge in [0.1, 0.15) is 0 Å². The number of esters is 1. The van der Waals surface area contributed by atoms with Crippen molar-refractivity contribution in [3.05, 3.63) is 11.1 Å². The van der Waals surface area contributed by atoms with Gasteiger partial charge in [-0.15, -0.1) is 11.3 Å². The molecule has 0 spiro atoms. The molecule has 0 saturated heterocycles. The van der Waals surface area contributed by atoms with Crippen molar-refractivity contribution in [2.45, 2.75) is 40.2 Å². The number of methoxy groups -OCH3 is 1. The number of ether oxygens (including phenoxy) is 1. The zero-order valence-corrected chi connectivity index (χ0v) is 12.8. The summed E-state index contributed by atoms with van der Waals surface area (Å²) in [5, 5.41) is 2.86. The Kier molecular flexibility index (Phi) is 4.73. The number of hydrogen-bond acceptors (Lipinski definition) is 5. The average Bonchev–Trinajstić information content (AvgIpc) is 2.74. The van der Waals surface area contributed by atoms with Gasteiger partial charge >= 0.3 is 5.97 Å². The van der Waals surface area contributed by atoms with Crippen LogP contribution in [0.4, 0.5) is 5.13 Å². The second-order valence-electron chi connectivity index (χ2n) is 5.53. The van der Waals surface area contributed by atoms with E-state index in [2.05, 4.69) is 42.3 Å². The van der Waals surface area contributed by atoms with E-state index >= 15 is 0 Å². The minimum Gasteiger partial charge on any atom is -0.469 e. The van der Waals surface area contributed by atoms with Gasteiger partial charge in [0.15, 0.2) is 5.13 Å². The lowest BCUT2D eigenvalue weighted by atomic mass is 9.87. The molecule has 0 fully saturated rings. The highest BCUT2D eigenvalue weighted by Crippen LogP contribution is 2.29. The van der Waals surface area contributed by atoms with Crippen molar-refractivity contribution < 1.29 is 9.53 Å². The summed E-state index contributed by atoms with van der Waals surface area (Å²) in [7, 11) is 3.43. The number of thiazole rings is 1. The van der Waals surface area contributed by atoms with Crippen LogP contribution in [0.1, 0.15) is 33.4 Å². The molecule has 0 aliphatic carbocycles. The molecule has 1 rings (SSSR count). The van der Waals surface area contributed by atoms with E-state index in [0.29, 0.717) is 6.04 Å². The van der Waals surface area contributed by atoms with Crippen LogP contribution in [0.3, 0.4) is 0 Å². The highest BCUT2D eigenvalue weighted by atomic mass is 32.1. The molecule has 0 aliphatic rings. The molecule has 5 heteroatoms. The van der Waals surface area contributed by atoms with Gasteiger partial charge in [0.2, 0.25) is 0 Å². The van der Waals surface area contributed by atoms with Gasteiger partial charge in [0.25, 0.3) is 0 Å². The third-order valence-electron chi connectivity index (χ3n) is 3.23. The molecule has 18 heavy (non-hydrogen) atoms. The molecule has 0 N–H and O–H groups in total. The zero-order chi connectivity index (χ0) is 13.9. The molecular formula is C13H22N2O2S. The molecule has 1 atom stereocenters. The van der Waals surface area contributed by atoms with Gasteiger partial charge in [-0.3, -0.25) is 4.79 Å². The van der Waals surface area contributed by atoms with Crippen molar-refractivity contribution in [3.8, 4) is 0 Å². The fourth-order valence-electron chi connectivity index (χ4n) is 1.51. The summed E-state index contributed by atoms with van der Waals surface area (Å²) in [4.78, 5) is 17.8. The van der Waals surface area contributed by atoms with Crippen molar-refractivity contribution in [2.75, 3.05) is 19.1 Å². The van der Waals surface area contributed by atoms with E-state index in [0.717, 1.165) is 10.8 Å². The lowest BCUT2D eigenvalue weighted by molar-refractivity contribution is -0.139. The Labute approximate surface area is 113 Å². The second-order valence-corrected chi connectivity index (χ2v) is 6.36. The average molecular weight is 270 g/mol. The standard InChI is InChI=1S/C13H22N2O2S/c1-9(13(2,3)4)15(5)12-14-10(8-18-12)7-11(16)17-6/h8-9H,7H2,1-6H3. The van der Waals surface area contributed by atoms with Crippen molar-refractivity contribution in [2.24, 2.45) is 5.41 Å². The number of carbonyl (C=O) groups excluding carboxylic acids is 1. The maximum atomic E-state index is 11.2. The normalized spacial score (nSPS) is 13.2. The van der Waals surface area contributed by atoms with Crippen molar-refractivity contribution >= 4 is 22.4 Å². The van der Waals surface area contributed by atoms with Gasteiger partial charge in [-0.05, 0) is 12.3 Å². The van der Waals surface area contributed by atoms with Crippen molar-refractivity contribution in [1.82, 2.24) is 4.98 Å².